The molecular weight excluding hydrogens is 288 g/mol. The van der Waals surface area contributed by atoms with Gasteiger partial charge in [0.05, 0.1) is 11.6 Å². The summed E-state index contributed by atoms with van der Waals surface area (Å²) in [6, 6.07) is 7.03. The summed E-state index contributed by atoms with van der Waals surface area (Å²) in [6.07, 6.45) is 4.01. The van der Waals surface area contributed by atoms with Crippen LogP contribution in [0.2, 0.25) is 0 Å². The zero-order valence-electron chi connectivity index (χ0n) is 11.7. The number of likely N-dealkylation sites (tertiary alicyclic amines) is 1. The fraction of sp³-hybridized carbons (Fsp3) is 0.533. The number of rotatable bonds is 2. The summed E-state index contributed by atoms with van der Waals surface area (Å²) < 4.78 is 26.4. The van der Waals surface area contributed by atoms with Crippen molar-refractivity contribution in [2.75, 3.05) is 13.1 Å². The third kappa shape index (κ3) is 2.00. The molecule has 2 aliphatic heterocycles. The van der Waals surface area contributed by atoms with Crippen LogP contribution in [0.1, 0.15) is 36.0 Å². The number of hydrogen-bond donors (Lipinski definition) is 0. The number of nitrogens with zero attached hydrogens (tertiary/aromatic N) is 2. The number of hydrogen-bond acceptors (Lipinski definition) is 4. The Labute approximate surface area is 124 Å². The molecule has 3 aliphatic rings. The van der Waals surface area contributed by atoms with Gasteiger partial charge in [-0.15, -0.1) is 0 Å². The van der Waals surface area contributed by atoms with Crippen molar-refractivity contribution >= 4 is 15.9 Å². The molecule has 1 saturated carbocycles. The third-order valence-corrected chi connectivity index (χ3v) is 6.64. The van der Waals surface area contributed by atoms with E-state index in [1.54, 1.807) is 18.2 Å². The lowest BCUT2D eigenvalue weighted by atomic mass is 10.0. The molecule has 6 heteroatoms. The minimum atomic E-state index is -3.65. The van der Waals surface area contributed by atoms with Crippen LogP contribution in [-0.4, -0.2) is 48.7 Å². The summed E-state index contributed by atoms with van der Waals surface area (Å²) >= 11 is 0. The van der Waals surface area contributed by atoms with Crippen LogP contribution in [0.25, 0.3) is 0 Å². The smallest absolute Gasteiger partial charge is 0.269 e. The quantitative estimate of drug-likeness (QED) is 0.830. The first-order valence-corrected chi connectivity index (χ1v) is 8.95. The topological polar surface area (TPSA) is 57.7 Å². The van der Waals surface area contributed by atoms with Gasteiger partial charge in [-0.05, 0) is 37.8 Å². The number of amides is 1. The number of piperidine rings is 1. The molecule has 1 saturated heterocycles. The Morgan fingerprint density at radius 2 is 1.62 bits per heavy atom. The lowest BCUT2D eigenvalue weighted by Crippen LogP contribution is -2.47. The molecule has 0 N–H and O–H groups in total. The maximum atomic E-state index is 12.6. The fourth-order valence-corrected chi connectivity index (χ4v) is 5.31. The summed E-state index contributed by atoms with van der Waals surface area (Å²) in [7, 11) is -3.65. The standard InChI is InChI=1S/C15H18N2O3S/c18-15-13-3-1-2-4-14(13)21(19,20)17(15)12-7-9-16(10-8-12)11-5-6-11/h1-4,11-12H,5-10H2. The van der Waals surface area contributed by atoms with Gasteiger partial charge in [0.2, 0.25) is 0 Å². The normalized spacial score (nSPS) is 26.1. The van der Waals surface area contributed by atoms with Gasteiger partial charge < -0.3 is 4.90 Å². The third-order valence-electron chi connectivity index (χ3n) is 4.75. The molecule has 5 nitrogen and oxygen atoms in total. The number of carbonyl (C=O) groups is 1. The summed E-state index contributed by atoms with van der Waals surface area (Å²) in [4.78, 5) is 15.1. The number of fused-ring (bicyclic) bond motifs is 1. The Balaban J connectivity index is 1.60. The fourth-order valence-electron chi connectivity index (χ4n) is 3.49. The van der Waals surface area contributed by atoms with Crippen LogP contribution in [0.3, 0.4) is 0 Å². The Kier molecular flexibility index (Phi) is 2.87. The van der Waals surface area contributed by atoms with E-state index in [1.807, 2.05) is 0 Å². The lowest BCUT2D eigenvalue weighted by molar-refractivity contribution is 0.0769. The Bertz CT molecular complexity index is 689. The maximum absolute atomic E-state index is 12.6. The largest absolute Gasteiger partial charge is 0.300 e. The number of carbonyl (C=O) groups excluding carboxylic acids is 1. The first-order valence-electron chi connectivity index (χ1n) is 7.51. The monoisotopic (exact) mass is 306 g/mol. The molecule has 21 heavy (non-hydrogen) atoms. The lowest BCUT2D eigenvalue weighted by Gasteiger charge is -2.35. The minimum absolute atomic E-state index is 0.166. The van der Waals surface area contributed by atoms with Gasteiger partial charge in [-0.25, -0.2) is 12.7 Å². The zero-order valence-corrected chi connectivity index (χ0v) is 12.6. The van der Waals surface area contributed by atoms with E-state index >= 15 is 0 Å². The Morgan fingerprint density at radius 3 is 2.24 bits per heavy atom. The van der Waals surface area contributed by atoms with Crippen molar-refractivity contribution in [3.8, 4) is 0 Å². The van der Waals surface area contributed by atoms with Crippen molar-refractivity contribution in [3.63, 3.8) is 0 Å². The van der Waals surface area contributed by atoms with Crippen LogP contribution in [-0.2, 0) is 10.0 Å². The molecule has 0 atom stereocenters. The van der Waals surface area contributed by atoms with Crippen LogP contribution in [0.4, 0.5) is 0 Å². The van der Waals surface area contributed by atoms with E-state index in [4.69, 9.17) is 0 Å². The average Bonchev–Trinajstić information content (AvgIpc) is 3.30. The molecule has 4 rings (SSSR count). The molecule has 1 amide bonds. The van der Waals surface area contributed by atoms with Crippen LogP contribution < -0.4 is 0 Å². The van der Waals surface area contributed by atoms with E-state index in [9.17, 15) is 13.2 Å². The van der Waals surface area contributed by atoms with Gasteiger partial charge >= 0.3 is 0 Å². The molecule has 1 aromatic rings. The number of sulfonamides is 1. The average molecular weight is 306 g/mol. The van der Waals surface area contributed by atoms with Crippen LogP contribution in [0, 0.1) is 0 Å². The highest BCUT2D eigenvalue weighted by Gasteiger charge is 2.46. The van der Waals surface area contributed by atoms with Crippen molar-refractivity contribution in [2.45, 2.75) is 42.7 Å². The van der Waals surface area contributed by atoms with Gasteiger partial charge in [0.15, 0.2) is 0 Å². The van der Waals surface area contributed by atoms with Crippen molar-refractivity contribution in [3.05, 3.63) is 29.8 Å². The van der Waals surface area contributed by atoms with E-state index in [2.05, 4.69) is 4.90 Å². The molecule has 1 aromatic carbocycles. The van der Waals surface area contributed by atoms with Gasteiger partial charge in [0.25, 0.3) is 15.9 Å². The van der Waals surface area contributed by atoms with Gasteiger partial charge in [-0.2, -0.15) is 0 Å². The second-order valence-electron chi connectivity index (χ2n) is 6.10. The van der Waals surface area contributed by atoms with E-state index < -0.39 is 10.0 Å². The van der Waals surface area contributed by atoms with Crippen LogP contribution >= 0.6 is 0 Å². The van der Waals surface area contributed by atoms with Gasteiger partial charge in [0, 0.05) is 19.1 Å². The van der Waals surface area contributed by atoms with E-state index in [1.165, 1.54) is 18.9 Å². The Morgan fingerprint density at radius 1 is 0.952 bits per heavy atom. The van der Waals surface area contributed by atoms with Crippen molar-refractivity contribution in [1.29, 1.82) is 0 Å². The van der Waals surface area contributed by atoms with Crippen LogP contribution in [0.5, 0.6) is 0 Å². The minimum Gasteiger partial charge on any atom is -0.300 e. The molecule has 0 radical (unpaired) electrons. The second kappa shape index (κ2) is 4.55. The first-order chi connectivity index (χ1) is 10.1. The van der Waals surface area contributed by atoms with Crippen molar-refractivity contribution in [2.24, 2.45) is 0 Å². The van der Waals surface area contributed by atoms with E-state index in [0.29, 0.717) is 11.6 Å². The molecule has 1 aliphatic carbocycles. The molecular formula is C15H18N2O3S. The molecule has 112 valence electrons. The molecule has 0 spiro atoms. The highest BCUT2D eigenvalue weighted by molar-refractivity contribution is 7.90. The summed E-state index contributed by atoms with van der Waals surface area (Å²) in [6.45, 7) is 1.79. The summed E-state index contributed by atoms with van der Waals surface area (Å²) in [5, 5.41) is 0. The van der Waals surface area contributed by atoms with Crippen LogP contribution in [0.15, 0.2) is 29.2 Å². The van der Waals surface area contributed by atoms with Gasteiger partial charge in [-0.3, -0.25) is 4.79 Å². The molecule has 0 bridgehead atoms. The predicted octanol–water partition coefficient (Wildman–Crippen LogP) is 1.46. The van der Waals surface area contributed by atoms with Gasteiger partial charge in [-0.1, -0.05) is 12.1 Å². The first kappa shape index (κ1) is 13.3. The molecule has 2 heterocycles. The van der Waals surface area contributed by atoms with Crippen molar-refractivity contribution < 1.29 is 13.2 Å². The highest BCUT2D eigenvalue weighted by Crippen LogP contribution is 2.36. The predicted molar refractivity (Wildman–Crippen MR) is 77.4 cm³/mol. The van der Waals surface area contributed by atoms with E-state index in [0.717, 1.165) is 30.2 Å². The second-order valence-corrected chi connectivity index (χ2v) is 7.88. The number of benzene rings is 1. The van der Waals surface area contributed by atoms with E-state index in [-0.39, 0.29) is 16.8 Å². The molecule has 0 unspecified atom stereocenters. The summed E-state index contributed by atoms with van der Waals surface area (Å²) in [5.41, 5.74) is 0.321. The maximum Gasteiger partial charge on any atom is 0.269 e. The molecule has 0 aromatic heterocycles. The van der Waals surface area contributed by atoms with Crippen molar-refractivity contribution in [1.82, 2.24) is 9.21 Å². The SMILES string of the molecule is O=C1c2ccccc2S(=O)(=O)N1C1CCN(C2CC2)CC1. The summed E-state index contributed by atoms with van der Waals surface area (Å²) in [5.74, 6) is -0.351. The Hall–Kier alpha value is -1.40. The van der Waals surface area contributed by atoms with Gasteiger partial charge in [0.1, 0.15) is 4.90 Å². The molecule has 2 fully saturated rings. The zero-order chi connectivity index (χ0) is 14.6. The highest BCUT2D eigenvalue weighted by atomic mass is 32.2.